The maximum Gasteiger partial charge on any atom is 0.339 e. The lowest BCUT2D eigenvalue weighted by Crippen LogP contribution is -2.16. The summed E-state index contributed by atoms with van der Waals surface area (Å²) >= 11 is 0. The number of carbonyl (C=O) groups excluding carboxylic acids is 2. The first-order valence-corrected chi connectivity index (χ1v) is 11.4. The van der Waals surface area contributed by atoms with E-state index in [0.29, 0.717) is 0 Å². The fraction of sp³-hybridized carbons (Fsp3) is 0.429. The van der Waals surface area contributed by atoms with Crippen LogP contribution in [0.25, 0.3) is 0 Å². The molecule has 0 fully saturated rings. The summed E-state index contributed by atoms with van der Waals surface area (Å²) in [6.07, 6.45) is 0. The number of esters is 2. The highest BCUT2D eigenvalue weighted by Crippen LogP contribution is 2.40. The molecule has 23 heavy (non-hydrogen) atoms. The molecule has 9 heteroatoms. The van der Waals surface area contributed by atoms with E-state index in [-0.39, 0.29) is 7.26 Å². The van der Waals surface area contributed by atoms with Gasteiger partial charge in [-0.3, -0.25) is 0 Å². The summed E-state index contributed by atoms with van der Waals surface area (Å²) < 4.78 is 42.1. The summed E-state index contributed by atoms with van der Waals surface area (Å²) in [6.45, 7) is 9.19. The summed E-state index contributed by atoms with van der Waals surface area (Å²) in [5.74, 6) is -2.06. The topological polar surface area (TPSA) is 110 Å². The van der Waals surface area contributed by atoms with Gasteiger partial charge in [0.25, 0.3) is 0 Å². The first-order valence-electron chi connectivity index (χ1n) is 6.37. The summed E-state index contributed by atoms with van der Waals surface area (Å²) in [4.78, 5) is 21.8. The molecule has 0 N–H and O–H groups in total. The molecule has 0 aliphatic rings. The van der Waals surface area contributed by atoms with Crippen LogP contribution in [-0.2, 0) is 19.6 Å². The molecule has 0 aromatic heterocycles. The van der Waals surface area contributed by atoms with E-state index in [2.05, 4.69) is 36.1 Å². The normalized spacial score (nSPS) is 11.1. The lowest BCUT2D eigenvalue weighted by Gasteiger charge is -2.14. The highest BCUT2D eigenvalue weighted by atomic mass is 32.2. The van der Waals surface area contributed by atoms with E-state index in [9.17, 15) is 22.6 Å². The fourth-order valence-corrected chi connectivity index (χ4v) is 2.19. The molecule has 0 aliphatic carbocycles. The number of methoxy groups -OCH3 is 2. The largest absolute Gasteiger partial charge is 0.744 e. The molecule has 1 rings (SSSR count). The number of ether oxygens (including phenoxy) is 2. The van der Waals surface area contributed by atoms with E-state index in [4.69, 9.17) is 0 Å². The van der Waals surface area contributed by atoms with Crippen LogP contribution in [0.5, 0.6) is 0 Å². The molecule has 0 saturated carbocycles. The predicted molar refractivity (Wildman–Crippen MR) is 87.7 cm³/mol. The van der Waals surface area contributed by atoms with Crippen LogP contribution < -0.4 is 0 Å². The number of carbonyl (C=O) groups is 2. The van der Waals surface area contributed by atoms with Crippen molar-refractivity contribution in [3.05, 3.63) is 29.3 Å². The molecule has 0 aliphatic heterocycles. The van der Waals surface area contributed by atoms with Crippen LogP contribution in [0.3, 0.4) is 0 Å². The van der Waals surface area contributed by atoms with Crippen molar-refractivity contribution < 1.29 is 32.0 Å². The quantitative estimate of drug-likeness (QED) is 0.456. The number of hydrogen-bond acceptors (Lipinski definition) is 7. The summed E-state index contributed by atoms with van der Waals surface area (Å²) in [5.41, 5.74) is -1.01. The average Bonchev–Trinajstić information content (AvgIpc) is 2.42. The summed E-state index contributed by atoms with van der Waals surface area (Å²) in [6, 6.07) is 3.39. The van der Waals surface area contributed by atoms with Crippen molar-refractivity contribution >= 4 is 29.3 Å². The Morgan fingerprint density at radius 3 is 1.48 bits per heavy atom. The molecule has 0 saturated heterocycles. The molecule has 0 unspecified atom stereocenters. The van der Waals surface area contributed by atoms with Crippen LogP contribution in [-0.4, -0.2) is 65.8 Å². The second kappa shape index (κ2) is 8.38. The Labute approximate surface area is 137 Å². The van der Waals surface area contributed by atoms with Crippen LogP contribution >= 0.6 is 7.26 Å². The zero-order valence-electron chi connectivity index (χ0n) is 13.9. The SMILES string of the molecule is COC(=O)c1cccc(C(=O)OC)c1S(=O)(=O)[O-].C[P+](C)(C)C. The molecule has 0 radical (unpaired) electrons. The lowest BCUT2D eigenvalue weighted by molar-refractivity contribution is 0.0589. The van der Waals surface area contributed by atoms with Crippen LogP contribution in [0.2, 0.25) is 0 Å². The van der Waals surface area contributed by atoms with E-state index < -0.39 is 38.1 Å². The fourth-order valence-electron chi connectivity index (χ4n) is 1.35. The smallest absolute Gasteiger partial charge is 0.339 e. The van der Waals surface area contributed by atoms with Gasteiger partial charge in [0.2, 0.25) is 0 Å². The van der Waals surface area contributed by atoms with Gasteiger partial charge in [0.1, 0.15) is 10.1 Å². The Kier molecular flexibility index (Phi) is 7.83. The molecular formula is C14H21O7PS. The van der Waals surface area contributed by atoms with Crippen molar-refractivity contribution in [1.82, 2.24) is 0 Å². The zero-order valence-corrected chi connectivity index (χ0v) is 15.7. The standard InChI is InChI=1S/C10H10O7S.C4H12P/c1-16-9(11)6-4-3-5-7(10(12)17-2)8(6)18(13,14)15;1-5(2,3)4/h3-5H,1-2H3,(H,13,14,15);1-4H3/q;+1/p-1. The monoisotopic (exact) mass is 364 g/mol. The van der Waals surface area contributed by atoms with Crippen molar-refractivity contribution in [1.29, 1.82) is 0 Å². The van der Waals surface area contributed by atoms with Crippen molar-refractivity contribution in [2.75, 3.05) is 40.9 Å². The minimum atomic E-state index is -5.03. The van der Waals surface area contributed by atoms with E-state index >= 15 is 0 Å². The Morgan fingerprint density at radius 2 is 1.26 bits per heavy atom. The number of rotatable bonds is 3. The molecule has 130 valence electrons. The first kappa shape index (κ1) is 21.5. The molecule has 0 amide bonds. The number of hydrogen-bond donors (Lipinski definition) is 0. The Balaban J connectivity index is 0.000000841. The summed E-state index contributed by atoms with van der Waals surface area (Å²) in [5, 5.41) is 0. The Bertz CT molecular complexity index is 635. The third-order valence-corrected chi connectivity index (χ3v) is 3.02. The molecule has 0 bridgehead atoms. The van der Waals surface area contributed by atoms with Gasteiger partial charge >= 0.3 is 11.9 Å². The predicted octanol–water partition coefficient (Wildman–Crippen LogP) is 1.69. The molecule has 1 aromatic carbocycles. The molecular weight excluding hydrogens is 343 g/mol. The minimum absolute atomic E-state index is 0.389. The summed E-state index contributed by atoms with van der Waals surface area (Å²) in [7, 11) is -3.37. The van der Waals surface area contributed by atoms with Gasteiger partial charge in [-0.15, -0.1) is 0 Å². The third-order valence-electron chi connectivity index (χ3n) is 2.08. The average molecular weight is 364 g/mol. The van der Waals surface area contributed by atoms with Gasteiger partial charge in [0.05, 0.1) is 30.2 Å². The highest BCUT2D eigenvalue weighted by Gasteiger charge is 2.24. The second-order valence-electron chi connectivity index (χ2n) is 5.80. The van der Waals surface area contributed by atoms with E-state index in [1.165, 1.54) is 6.07 Å². The third kappa shape index (κ3) is 7.54. The van der Waals surface area contributed by atoms with Crippen LogP contribution in [0.4, 0.5) is 0 Å². The number of benzene rings is 1. The molecule has 1 aromatic rings. The lowest BCUT2D eigenvalue weighted by atomic mass is 10.1. The molecule has 0 heterocycles. The van der Waals surface area contributed by atoms with E-state index in [1.54, 1.807) is 0 Å². The molecule has 0 spiro atoms. The van der Waals surface area contributed by atoms with Crippen molar-refractivity contribution in [2.24, 2.45) is 0 Å². The minimum Gasteiger partial charge on any atom is -0.744 e. The van der Waals surface area contributed by atoms with Crippen molar-refractivity contribution in [3.63, 3.8) is 0 Å². The van der Waals surface area contributed by atoms with Crippen molar-refractivity contribution in [3.8, 4) is 0 Å². The highest BCUT2D eigenvalue weighted by molar-refractivity contribution is 7.86. The second-order valence-corrected chi connectivity index (χ2v) is 12.5. The van der Waals surface area contributed by atoms with E-state index in [1.807, 2.05) is 0 Å². The molecule has 0 atom stereocenters. The van der Waals surface area contributed by atoms with Crippen LogP contribution in [0.15, 0.2) is 23.1 Å². The zero-order chi connectivity index (χ0) is 18.4. The van der Waals surface area contributed by atoms with Crippen LogP contribution in [0.1, 0.15) is 20.7 Å². The van der Waals surface area contributed by atoms with Gasteiger partial charge in [-0.2, -0.15) is 0 Å². The van der Waals surface area contributed by atoms with Gasteiger partial charge in [0.15, 0.2) is 0 Å². The van der Waals surface area contributed by atoms with Gasteiger partial charge in [-0.25, -0.2) is 18.0 Å². The maximum atomic E-state index is 11.4. The van der Waals surface area contributed by atoms with Gasteiger partial charge in [-0.05, 0) is 12.1 Å². The Hall–Kier alpha value is -1.50. The van der Waals surface area contributed by atoms with Gasteiger partial charge < -0.3 is 14.0 Å². The molecule has 7 nitrogen and oxygen atoms in total. The van der Waals surface area contributed by atoms with E-state index in [0.717, 1.165) is 26.4 Å². The van der Waals surface area contributed by atoms with Crippen molar-refractivity contribution in [2.45, 2.75) is 4.90 Å². The van der Waals surface area contributed by atoms with Gasteiger partial charge in [-0.1, -0.05) is 6.07 Å². The van der Waals surface area contributed by atoms with Gasteiger partial charge in [0, 0.05) is 33.9 Å². The maximum absolute atomic E-state index is 11.4. The first-order chi connectivity index (χ1) is 10.3. The van der Waals surface area contributed by atoms with Crippen LogP contribution in [0, 0.1) is 0 Å². The Morgan fingerprint density at radius 1 is 0.957 bits per heavy atom.